The Hall–Kier alpha value is -6.65. The van der Waals surface area contributed by atoms with Crippen molar-refractivity contribution in [2.24, 2.45) is 0 Å². The van der Waals surface area contributed by atoms with Crippen LogP contribution in [0.25, 0.3) is 0 Å². The Bertz CT molecular complexity index is 2870. The van der Waals surface area contributed by atoms with Crippen LogP contribution in [0.1, 0.15) is 22.3 Å². The second kappa shape index (κ2) is 31.1. The molecule has 5 rings (SSSR count). The summed E-state index contributed by atoms with van der Waals surface area (Å²) in [7, 11) is -5.16. The zero-order valence-electron chi connectivity index (χ0n) is 41.4. The minimum Gasteiger partial charge on any atom is -0.691 e. The fraction of sp³-hybridized carbons (Fsp3) is 0.314. The van der Waals surface area contributed by atoms with Gasteiger partial charge in [0.25, 0.3) is 0 Å². The van der Waals surface area contributed by atoms with Crippen molar-refractivity contribution in [3.63, 3.8) is 0 Å². The zero-order valence-corrected chi connectivity index (χ0v) is 46.5. The summed E-state index contributed by atoms with van der Waals surface area (Å²) in [6, 6.07) is 28.3. The second-order valence-electron chi connectivity index (χ2n) is 17.2. The number of benzene rings is 5. The van der Waals surface area contributed by atoms with Crippen LogP contribution < -0.4 is 57.7 Å². The van der Waals surface area contributed by atoms with Gasteiger partial charge in [0, 0.05) is 58.4 Å². The third-order valence-electron chi connectivity index (χ3n) is 11.1. The van der Waals surface area contributed by atoms with Crippen LogP contribution in [0, 0.1) is 6.92 Å². The molecule has 2 atom stereocenters. The standard InChI is InChI=1S/C51H56N3O21S2.Bi/c1-34-7-9-37(10-8-34)31-69-40-15-17-43(45(22-40)76-75-74-65)71-32-42(33-72-44-18-16-41(23-46(44)77(66,67)68)70-30-36-5-3-2-4-6-36)73-39-13-11-35(12-14-39)21-38(54(28-50(61)62)29-51(63)64)24-52(25-47(55)56)19-20-53(26-48(57)58)27-49(59)60;/h3-18,22-23,38,42,65H,19-21,24-33H2,1H3,(H,55,56)(H,57,58)(H,59,60)(H,61,62)(H,63,64)(H,66,67,68);/p-7. The largest absolute Gasteiger partial charge is 0.691 e. The predicted molar refractivity (Wildman–Crippen MR) is 259 cm³/mol. The number of nitrogens with zero attached hydrogens (tertiary/aromatic N) is 3. The Labute approximate surface area is 467 Å². The van der Waals surface area contributed by atoms with Crippen LogP contribution in [-0.2, 0) is 63.1 Å². The van der Waals surface area contributed by atoms with Gasteiger partial charge < -0.3 is 69.0 Å². The molecular weight excluding hydrogens is 1260 g/mol. The number of aliphatic carboxylic acids is 5. The van der Waals surface area contributed by atoms with Crippen LogP contribution in [0.2, 0.25) is 0 Å². The van der Waals surface area contributed by atoms with E-state index < -0.39 is 96.3 Å². The maximum Gasteiger partial charge on any atom is 0.120 e. The smallest absolute Gasteiger partial charge is 0.120 e. The molecule has 0 aliphatic heterocycles. The van der Waals surface area contributed by atoms with Gasteiger partial charge in [0.05, 0.1) is 46.8 Å². The van der Waals surface area contributed by atoms with Crippen molar-refractivity contribution < 1.29 is 101 Å². The zero-order chi connectivity index (χ0) is 56.8. The van der Waals surface area contributed by atoms with Gasteiger partial charge >= 0.3 is 138 Å². The van der Waals surface area contributed by atoms with E-state index in [1.807, 2.05) is 55.5 Å². The minimum atomic E-state index is -5.16. The van der Waals surface area contributed by atoms with E-state index in [0.717, 1.165) is 60.5 Å². The number of hydrogen-bond donors (Lipinski definition) is 0. The molecule has 418 valence electrons. The molecule has 0 N–H and O–H groups in total. The SMILES string of the molecule is Cc1ccc(COc2ccc(OCC(COc3ccc(OCc4cc[c]([Bi])cc4)cc3S(=O)(=O)[O-])Oc3ccc(CC(CN(CCN(CC(=O)[O-])CC(=O)[O-])CC(=O)[O-])N(CC(=O)[O-])CC(=O)[O-])cc3)c(SOO[O-])c2)cc1. The van der Waals surface area contributed by atoms with Crippen molar-refractivity contribution in [3.05, 3.63) is 131 Å². The Morgan fingerprint density at radius 2 is 1.06 bits per heavy atom. The minimum absolute atomic E-state index is 0.0616. The summed E-state index contributed by atoms with van der Waals surface area (Å²) in [6.07, 6.45) is -1.31. The predicted octanol–water partition coefficient (Wildman–Crippen LogP) is -4.45. The molecule has 0 aliphatic carbocycles. The Kier molecular flexibility index (Phi) is 24.8. The van der Waals surface area contributed by atoms with Gasteiger partial charge in [-0.1, -0.05) is 42.0 Å². The van der Waals surface area contributed by atoms with Crippen molar-refractivity contribution in [2.75, 3.05) is 65.6 Å². The number of carbonyl (C=O) groups excluding carboxylic acids is 5. The van der Waals surface area contributed by atoms with Gasteiger partial charge in [-0.3, -0.25) is 19.7 Å². The first-order valence-corrected chi connectivity index (χ1v) is 27.2. The monoisotopic (exact) mass is 1310 g/mol. The fourth-order valence-corrected chi connectivity index (χ4v) is 9.19. The quantitative estimate of drug-likeness (QED) is 0.0120. The summed E-state index contributed by atoms with van der Waals surface area (Å²) < 4.78 is 73.6. The van der Waals surface area contributed by atoms with Crippen LogP contribution in [0.15, 0.2) is 119 Å². The summed E-state index contributed by atoms with van der Waals surface area (Å²) >= 11 is 1.56. The normalized spacial score (nSPS) is 12.2. The summed E-state index contributed by atoms with van der Waals surface area (Å²) in [5, 5.41) is 72.7. The number of carboxylic acids is 5. The first kappa shape index (κ1) is 62.2. The number of hydrogen-bond acceptors (Lipinski definition) is 25. The molecule has 0 aromatic heterocycles. The molecule has 0 spiro atoms. The number of carboxylic acid groups (broad SMARTS) is 5. The van der Waals surface area contributed by atoms with E-state index in [0.29, 0.717) is 23.4 Å². The van der Waals surface area contributed by atoms with Gasteiger partial charge in [0.1, 0.15) is 30.5 Å². The molecule has 0 bridgehead atoms. The molecule has 0 fully saturated rings. The molecule has 5 aromatic carbocycles. The molecule has 5 aromatic rings. The Morgan fingerprint density at radius 3 is 1.60 bits per heavy atom. The molecule has 2 unspecified atom stereocenters. The average Bonchev–Trinajstić information content (AvgIpc) is 3.37. The van der Waals surface area contributed by atoms with Crippen molar-refractivity contribution >= 4 is 80.0 Å². The van der Waals surface area contributed by atoms with Gasteiger partial charge in [0.15, 0.2) is 6.10 Å². The molecule has 0 heterocycles. The first-order valence-electron chi connectivity index (χ1n) is 23.3. The van der Waals surface area contributed by atoms with E-state index in [-0.39, 0.29) is 73.8 Å². The Morgan fingerprint density at radius 1 is 0.590 bits per heavy atom. The number of rotatable bonds is 36. The van der Waals surface area contributed by atoms with Crippen LogP contribution in [-0.4, -0.2) is 160 Å². The maximum absolute atomic E-state index is 12.6. The molecule has 0 aliphatic rings. The van der Waals surface area contributed by atoms with Gasteiger partial charge in [-0.25, -0.2) is 0 Å². The van der Waals surface area contributed by atoms with Crippen molar-refractivity contribution in [3.8, 4) is 28.7 Å². The molecule has 27 heteroatoms. The van der Waals surface area contributed by atoms with Crippen LogP contribution in [0.5, 0.6) is 28.7 Å². The third kappa shape index (κ3) is 22.4. The first-order chi connectivity index (χ1) is 37.1. The van der Waals surface area contributed by atoms with Gasteiger partial charge in [-0.15, -0.1) is 0 Å². The van der Waals surface area contributed by atoms with Crippen LogP contribution >= 0.6 is 12.0 Å². The molecule has 24 nitrogen and oxygen atoms in total. The van der Waals surface area contributed by atoms with E-state index in [9.17, 15) is 67.7 Å². The van der Waals surface area contributed by atoms with E-state index in [2.05, 4.69) is 9.37 Å². The number of aryl methyl sites for hydroxylation is 1. The van der Waals surface area contributed by atoms with Crippen molar-refractivity contribution in [2.45, 2.75) is 48.5 Å². The third-order valence-corrected chi connectivity index (χ3v) is 13.7. The number of carbonyl (C=O) groups is 5. The van der Waals surface area contributed by atoms with Crippen LogP contribution in [0.3, 0.4) is 0 Å². The van der Waals surface area contributed by atoms with Gasteiger partial charge in [-0.05, 0) is 54.8 Å². The summed E-state index contributed by atoms with van der Waals surface area (Å²) in [6.45, 7) is -4.17. The number of ether oxygens (including phenoxy) is 5. The topological polar surface area (TPSA) is 355 Å². The maximum atomic E-state index is 12.6. The van der Waals surface area contributed by atoms with Crippen molar-refractivity contribution in [1.29, 1.82) is 0 Å². The van der Waals surface area contributed by atoms with E-state index in [4.69, 9.17) is 23.7 Å². The molecular formula is C51H49BiN3O21S2-7. The molecule has 0 saturated carbocycles. The molecule has 78 heavy (non-hydrogen) atoms. The summed E-state index contributed by atoms with van der Waals surface area (Å²) in [5.74, 6) is -7.95. The summed E-state index contributed by atoms with van der Waals surface area (Å²) in [5.41, 5.74) is 3.13. The molecule has 2 radical (unpaired) electrons. The van der Waals surface area contributed by atoms with E-state index in [1.165, 1.54) is 53.4 Å². The van der Waals surface area contributed by atoms with Gasteiger partial charge in [0.2, 0.25) is 0 Å². The van der Waals surface area contributed by atoms with E-state index >= 15 is 0 Å². The van der Waals surface area contributed by atoms with Crippen LogP contribution in [0.4, 0.5) is 0 Å². The molecule has 0 amide bonds. The van der Waals surface area contributed by atoms with Gasteiger partial charge in [-0.2, -0.15) is 4.33 Å². The van der Waals surface area contributed by atoms with E-state index in [1.54, 1.807) is 6.07 Å². The van der Waals surface area contributed by atoms with Crippen molar-refractivity contribution in [1.82, 2.24) is 14.7 Å². The average molecular weight is 1310 g/mol. The Balaban J connectivity index is 1.42. The summed E-state index contributed by atoms with van der Waals surface area (Å²) in [4.78, 5) is 60.7. The fourth-order valence-electron chi connectivity index (χ4n) is 7.50. The second-order valence-corrected chi connectivity index (χ2v) is 21.3. The molecule has 0 saturated heterocycles.